The van der Waals surface area contributed by atoms with Crippen LogP contribution in [0, 0.1) is 5.82 Å². The molecule has 0 fully saturated rings. The number of benzene rings is 1. The van der Waals surface area contributed by atoms with Crippen LogP contribution in [0.25, 0.3) is 17.3 Å². The number of halogens is 2. The lowest BCUT2D eigenvalue weighted by atomic mass is 10.2. The number of hydrogen-bond acceptors (Lipinski definition) is 6. The molecule has 0 aliphatic carbocycles. The lowest BCUT2D eigenvalue weighted by molar-refractivity contribution is 0.0946. The molecule has 0 aliphatic heterocycles. The van der Waals surface area contributed by atoms with Crippen LogP contribution in [0.3, 0.4) is 0 Å². The van der Waals surface area contributed by atoms with E-state index in [9.17, 15) is 9.18 Å². The number of hydrogen-bond donors (Lipinski definition) is 1. The van der Waals surface area contributed by atoms with Crippen LogP contribution in [0.15, 0.2) is 53.6 Å². The Morgan fingerprint density at radius 3 is 2.94 bits per heavy atom. The van der Waals surface area contributed by atoms with Crippen molar-refractivity contribution >= 4 is 17.5 Å². The van der Waals surface area contributed by atoms with Crippen LogP contribution in [0.5, 0.6) is 0 Å². The summed E-state index contributed by atoms with van der Waals surface area (Å²) in [4.78, 5) is 25.3. The first-order valence-corrected chi connectivity index (χ1v) is 9.97. The summed E-state index contributed by atoms with van der Waals surface area (Å²) < 4.78 is 20.1. The number of aromatic nitrogens is 5. The number of nitrogens with zero attached hydrogens (tertiary/aromatic N) is 5. The Kier molecular flexibility index (Phi) is 6.03. The minimum Gasteiger partial charge on any atom is -0.347 e. The van der Waals surface area contributed by atoms with Gasteiger partial charge in [0.2, 0.25) is 0 Å². The van der Waals surface area contributed by atoms with Crippen molar-refractivity contribution in [3.8, 4) is 17.3 Å². The molecule has 1 amide bonds. The molecule has 0 radical (unpaired) electrons. The number of nitrogens with one attached hydrogen (secondary N) is 1. The molecule has 31 heavy (non-hydrogen) atoms. The van der Waals surface area contributed by atoms with E-state index in [1.54, 1.807) is 29.1 Å². The van der Waals surface area contributed by atoms with E-state index >= 15 is 0 Å². The van der Waals surface area contributed by atoms with Gasteiger partial charge in [-0.15, -0.1) is 0 Å². The monoisotopic (exact) mass is 440 g/mol. The second-order valence-corrected chi connectivity index (χ2v) is 7.16. The van der Waals surface area contributed by atoms with E-state index in [4.69, 9.17) is 16.1 Å². The minimum atomic E-state index is -0.435. The second-order valence-electron chi connectivity index (χ2n) is 6.75. The number of imidazole rings is 1. The molecule has 0 spiro atoms. The highest BCUT2D eigenvalue weighted by atomic mass is 35.5. The minimum absolute atomic E-state index is 0.149. The van der Waals surface area contributed by atoms with Gasteiger partial charge >= 0.3 is 0 Å². The summed E-state index contributed by atoms with van der Waals surface area (Å²) in [6, 6.07) is 7.55. The molecule has 0 unspecified atom stereocenters. The first-order chi connectivity index (χ1) is 15.0. The van der Waals surface area contributed by atoms with Gasteiger partial charge in [-0.05, 0) is 36.2 Å². The third kappa shape index (κ3) is 4.77. The summed E-state index contributed by atoms with van der Waals surface area (Å²) in [5.41, 5.74) is 1.52. The maximum absolute atomic E-state index is 13.1. The van der Waals surface area contributed by atoms with Crippen LogP contribution in [0.1, 0.15) is 35.2 Å². The average Bonchev–Trinajstić information content (AvgIpc) is 3.44. The normalized spacial score (nSPS) is 10.9. The quantitative estimate of drug-likeness (QED) is 0.466. The van der Waals surface area contributed by atoms with Gasteiger partial charge < -0.3 is 9.84 Å². The molecule has 3 aromatic heterocycles. The number of amides is 1. The zero-order valence-electron chi connectivity index (χ0n) is 16.5. The number of aryl methyl sites for hydroxylation is 1. The second kappa shape index (κ2) is 9.05. The van der Waals surface area contributed by atoms with Crippen LogP contribution in [-0.4, -0.2) is 30.6 Å². The first-order valence-electron chi connectivity index (χ1n) is 9.59. The highest BCUT2D eigenvalue weighted by Crippen LogP contribution is 2.20. The summed E-state index contributed by atoms with van der Waals surface area (Å²) in [7, 11) is 0. The molecule has 8 nitrogen and oxygen atoms in total. The summed E-state index contributed by atoms with van der Waals surface area (Å²) in [6.45, 7) is 2.19. The van der Waals surface area contributed by atoms with Crippen molar-refractivity contribution in [2.24, 2.45) is 0 Å². The Balaban J connectivity index is 1.47. The highest BCUT2D eigenvalue weighted by Gasteiger charge is 2.13. The maximum atomic E-state index is 13.1. The van der Waals surface area contributed by atoms with Crippen molar-refractivity contribution < 1.29 is 13.7 Å². The number of carbonyl (C=O) groups is 1. The van der Waals surface area contributed by atoms with Gasteiger partial charge in [-0.25, -0.2) is 14.4 Å². The Bertz CT molecular complexity index is 1220. The van der Waals surface area contributed by atoms with Crippen LogP contribution >= 0.6 is 11.6 Å². The predicted molar refractivity (Wildman–Crippen MR) is 111 cm³/mol. The zero-order chi connectivity index (χ0) is 21.8. The molecule has 0 saturated carbocycles. The topological polar surface area (TPSA) is 98.7 Å². The summed E-state index contributed by atoms with van der Waals surface area (Å²) in [5, 5.41) is 6.92. The number of rotatable bonds is 7. The average molecular weight is 441 g/mol. The predicted octanol–water partition coefficient (Wildman–Crippen LogP) is 3.99. The zero-order valence-corrected chi connectivity index (χ0v) is 17.3. The van der Waals surface area contributed by atoms with Crippen molar-refractivity contribution in [3.05, 3.63) is 77.0 Å². The van der Waals surface area contributed by atoms with Gasteiger partial charge in [-0.1, -0.05) is 29.7 Å². The van der Waals surface area contributed by atoms with Gasteiger partial charge in [0.15, 0.2) is 5.82 Å². The molecule has 1 aromatic carbocycles. The van der Waals surface area contributed by atoms with Crippen LogP contribution < -0.4 is 5.32 Å². The molecule has 158 valence electrons. The van der Waals surface area contributed by atoms with E-state index in [1.807, 2.05) is 6.92 Å². The lowest BCUT2D eigenvalue weighted by Crippen LogP contribution is -2.23. The van der Waals surface area contributed by atoms with Crippen LogP contribution in [0.4, 0.5) is 4.39 Å². The lowest BCUT2D eigenvalue weighted by Gasteiger charge is -2.06. The van der Waals surface area contributed by atoms with E-state index < -0.39 is 11.7 Å². The van der Waals surface area contributed by atoms with Gasteiger partial charge in [0, 0.05) is 35.9 Å². The molecular weight excluding hydrogens is 423 g/mol. The van der Waals surface area contributed by atoms with Crippen molar-refractivity contribution in [1.82, 2.24) is 30.0 Å². The molecule has 0 aliphatic rings. The van der Waals surface area contributed by atoms with Gasteiger partial charge in [-0.3, -0.25) is 9.36 Å². The van der Waals surface area contributed by atoms with E-state index in [2.05, 4.69) is 25.4 Å². The van der Waals surface area contributed by atoms with Gasteiger partial charge in [0.05, 0.1) is 0 Å². The summed E-state index contributed by atoms with van der Waals surface area (Å²) >= 11 is 5.99. The molecular formula is C21H18ClFN6O2. The SMILES string of the molecule is CCCc1noc(-c2ccnc(-n3cnc(C(=O)NCc4ccc(F)cc4Cl)c3)c2)n1. The third-order valence-corrected chi connectivity index (χ3v) is 4.82. The van der Waals surface area contributed by atoms with E-state index in [-0.39, 0.29) is 17.3 Å². The maximum Gasteiger partial charge on any atom is 0.271 e. The number of pyridine rings is 1. The molecule has 4 aromatic rings. The van der Waals surface area contributed by atoms with E-state index in [1.165, 1.54) is 24.5 Å². The molecule has 3 heterocycles. The largest absolute Gasteiger partial charge is 0.347 e. The summed E-state index contributed by atoms with van der Waals surface area (Å²) in [6.07, 6.45) is 6.33. The fourth-order valence-corrected chi connectivity index (χ4v) is 3.12. The fraction of sp³-hybridized carbons (Fsp3) is 0.190. The van der Waals surface area contributed by atoms with Crippen molar-refractivity contribution in [3.63, 3.8) is 0 Å². The third-order valence-electron chi connectivity index (χ3n) is 4.47. The Hall–Kier alpha value is -3.59. The van der Waals surface area contributed by atoms with Crippen LogP contribution in [-0.2, 0) is 13.0 Å². The van der Waals surface area contributed by atoms with Crippen molar-refractivity contribution in [2.45, 2.75) is 26.3 Å². The van der Waals surface area contributed by atoms with E-state index in [0.29, 0.717) is 28.7 Å². The fourth-order valence-electron chi connectivity index (χ4n) is 2.89. The van der Waals surface area contributed by atoms with Gasteiger partial charge in [-0.2, -0.15) is 4.98 Å². The van der Waals surface area contributed by atoms with Gasteiger partial charge in [0.25, 0.3) is 11.8 Å². The van der Waals surface area contributed by atoms with Crippen molar-refractivity contribution in [2.75, 3.05) is 0 Å². The Labute approximate surface area is 182 Å². The van der Waals surface area contributed by atoms with E-state index in [0.717, 1.165) is 12.8 Å². The number of carbonyl (C=O) groups excluding carboxylic acids is 1. The smallest absolute Gasteiger partial charge is 0.271 e. The Morgan fingerprint density at radius 2 is 2.13 bits per heavy atom. The molecule has 0 atom stereocenters. The Morgan fingerprint density at radius 1 is 1.26 bits per heavy atom. The van der Waals surface area contributed by atoms with Crippen molar-refractivity contribution in [1.29, 1.82) is 0 Å². The van der Waals surface area contributed by atoms with Crippen LogP contribution in [0.2, 0.25) is 5.02 Å². The molecule has 0 bridgehead atoms. The van der Waals surface area contributed by atoms with Gasteiger partial charge in [0.1, 0.15) is 23.7 Å². The molecule has 4 rings (SSSR count). The molecule has 1 N–H and O–H groups in total. The standard InChI is InChI=1S/C21H18ClFN6O2/c1-2-3-18-27-21(31-28-18)13-6-7-24-19(8-13)29-11-17(26-12-29)20(30)25-10-14-4-5-15(23)9-16(14)22/h4-9,11-12H,2-3,10H2,1H3,(H,25,30). The molecule has 10 heteroatoms. The summed E-state index contributed by atoms with van der Waals surface area (Å²) in [5.74, 6) is 0.771. The highest BCUT2D eigenvalue weighted by molar-refractivity contribution is 6.31. The first kappa shape index (κ1) is 20.7. The molecule has 0 saturated heterocycles.